The largest absolute Gasteiger partial charge is 0.367 e. The van der Waals surface area contributed by atoms with Crippen LogP contribution >= 0.6 is 11.6 Å². The number of pyridine rings is 1. The van der Waals surface area contributed by atoms with Crippen molar-refractivity contribution in [1.29, 1.82) is 0 Å². The maximum atomic E-state index is 12.7. The molecular weight excluding hydrogens is 382 g/mol. The van der Waals surface area contributed by atoms with Gasteiger partial charge in [-0.3, -0.25) is 9.78 Å². The van der Waals surface area contributed by atoms with Gasteiger partial charge < -0.3 is 9.88 Å². The van der Waals surface area contributed by atoms with Crippen molar-refractivity contribution in [3.63, 3.8) is 0 Å². The van der Waals surface area contributed by atoms with Gasteiger partial charge in [-0.2, -0.15) is 0 Å². The molecule has 0 saturated carbocycles. The van der Waals surface area contributed by atoms with Crippen LogP contribution in [0.5, 0.6) is 0 Å². The zero-order valence-corrected chi connectivity index (χ0v) is 16.9. The molecule has 3 aromatic rings. The number of H-pyrrole nitrogens is 1. The molecule has 2 aromatic heterocycles. The monoisotopic (exact) mass is 403 g/mol. The van der Waals surface area contributed by atoms with Gasteiger partial charge in [0.1, 0.15) is 0 Å². The predicted octanol–water partition coefficient (Wildman–Crippen LogP) is 4.90. The molecule has 1 fully saturated rings. The normalized spacial score (nSPS) is 16.2. The quantitative estimate of drug-likeness (QED) is 0.628. The Labute approximate surface area is 175 Å². The van der Waals surface area contributed by atoms with Crippen LogP contribution in [0.15, 0.2) is 60.6 Å². The molecule has 1 aliphatic carbocycles. The van der Waals surface area contributed by atoms with E-state index in [1.165, 1.54) is 27.8 Å². The molecule has 0 spiro atoms. The first-order chi connectivity index (χ1) is 14.2. The summed E-state index contributed by atoms with van der Waals surface area (Å²) in [5, 5.41) is 0.777. The van der Waals surface area contributed by atoms with E-state index in [1.807, 2.05) is 29.3 Å². The Kier molecular flexibility index (Phi) is 4.72. The van der Waals surface area contributed by atoms with Crippen LogP contribution in [0.2, 0.25) is 5.02 Å². The van der Waals surface area contributed by atoms with Crippen molar-refractivity contribution in [3.8, 4) is 0 Å². The van der Waals surface area contributed by atoms with Crippen LogP contribution in [-0.2, 0) is 12.8 Å². The zero-order valence-electron chi connectivity index (χ0n) is 16.1. The lowest BCUT2D eigenvalue weighted by Gasteiger charge is -2.30. The smallest absolute Gasteiger partial charge is 0.255 e. The van der Waals surface area contributed by atoms with E-state index in [4.69, 9.17) is 16.6 Å². The molecule has 5 heteroatoms. The standard InChI is InChI=1S/C24H22ClN3O/c25-20-5-6-21-18(14-20)4-3-17-2-1-10-27-23(17)22(21)16-8-12-28(13-9-16)24(29)19-7-11-26-15-19/h1-2,5-7,10-11,14-15,26H,3-4,8-9,12-13H2. The number of carbonyl (C=O) groups is 1. The van der Waals surface area contributed by atoms with E-state index in [0.717, 1.165) is 55.1 Å². The third kappa shape index (κ3) is 3.38. The highest BCUT2D eigenvalue weighted by molar-refractivity contribution is 6.30. The Bertz CT molecular complexity index is 1090. The van der Waals surface area contributed by atoms with Crippen molar-refractivity contribution in [1.82, 2.24) is 14.9 Å². The number of hydrogen-bond acceptors (Lipinski definition) is 2. The Balaban J connectivity index is 1.53. The lowest BCUT2D eigenvalue weighted by atomic mass is 9.88. The SMILES string of the molecule is O=C(c1cc[nH]c1)N1CCC(=C2c3ccc(Cl)cc3CCc3cccnc32)CC1. The number of halogens is 1. The average molecular weight is 404 g/mol. The molecule has 2 aliphatic rings. The Morgan fingerprint density at radius 1 is 1.03 bits per heavy atom. The fraction of sp³-hybridized carbons (Fsp3) is 0.250. The molecule has 1 amide bonds. The molecule has 0 atom stereocenters. The Morgan fingerprint density at radius 2 is 1.86 bits per heavy atom. The number of aromatic amines is 1. The third-order valence-corrected chi connectivity index (χ3v) is 6.22. The number of nitrogens with zero attached hydrogens (tertiary/aromatic N) is 2. The van der Waals surface area contributed by atoms with Gasteiger partial charge in [0.05, 0.1) is 11.3 Å². The number of carbonyl (C=O) groups excluding carboxylic acids is 1. The summed E-state index contributed by atoms with van der Waals surface area (Å²) < 4.78 is 0. The van der Waals surface area contributed by atoms with Crippen LogP contribution in [0, 0.1) is 0 Å². The van der Waals surface area contributed by atoms with Crippen molar-refractivity contribution in [2.75, 3.05) is 13.1 Å². The van der Waals surface area contributed by atoms with Crippen molar-refractivity contribution in [3.05, 3.63) is 93.5 Å². The predicted molar refractivity (Wildman–Crippen MR) is 115 cm³/mol. The molecular formula is C24H22ClN3O. The van der Waals surface area contributed by atoms with Crippen molar-refractivity contribution in [2.24, 2.45) is 0 Å². The molecule has 29 heavy (non-hydrogen) atoms. The minimum absolute atomic E-state index is 0.0990. The van der Waals surface area contributed by atoms with E-state index in [2.05, 4.69) is 23.2 Å². The third-order valence-electron chi connectivity index (χ3n) is 5.98. The van der Waals surface area contributed by atoms with Crippen molar-refractivity contribution >= 4 is 23.1 Å². The van der Waals surface area contributed by atoms with Crippen molar-refractivity contribution < 1.29 is 4.79 Å². The molecule has 0 unspecified atom stereocenters. The minimum atomic E-state index is 0.0990. The molecule has 0 bridgehead atoms. The lowest BCUT2D eigenvalue weighted by molar-refractivity contribution is 0.0744. The van der Waals surface area contributed by atoms with Crippen LogP contribution in [0.1, 0.15) is 45.6 Å². The van der Waals surface area contributed by atoms with Gasteiger partial charge in [0, 0.05) is 42.3 Å². The summed E-state index contributed by atoms with van der Waals surface area (Å²) in [7, 11) is 0. The first kappa shape index (κ1) is 18.2. The first-order valence-corrected chi connectivity index (χ1v) is 10.5. The van der Waals surface area contributed by atoms with Gasteiger partial charge in [-0.1, -0.05) is 29.3 Å². The zero-order chi connectivity index (χ0) is 19.8. The highest BCUT2D eigenvalue weighted by Crippen LogP contribution is 2.38. The topological polar surface area (TPSA) is 49.0 Å². The number of piperidine rings is 1. The number of aromatic nitrogens is 2. The fourth-order valence-corrected chi connectivity index (χ4v) is 4.70. The van der Waals surface area contributed by atoms with Crippen LogP contribution in [0.3, 0.4) is 0 Å². The van der Waals surface area contributed by atoms with E-state index in [1.54, 1.807) is 12.4 Å². The summed E-state index contributed by atoms with van der Waals surface area (Å²) in [5.41, 5.74) is 8.26. The van der Waals surface area contributed by atoms with Gasteiger partial charge in [-0.25, -0.2) is 0 Å². The summed E-state index contributed by atoms with van der Waals surface area (Å²) in [5.74, 6) is 0.0990. The maximum absolute atomic E-state index is 12.7. The molecule has 1 aliphatic heterocycles. The van der Waals surface area contributed by atoms with Crippen LogP contribution in [0.25, 0.3) is 5.57 Å². The number of nitrogens with one attached hydrogen (secondary N) is 1. The van der Waals surface area contributed by atoms with E-state index >= 15 is 0 Å². The molecule has 1 saturated heterocycles. The molecule has 5 rings (SSSR count). The molecule has 1 aromatic carbocycles. The molecule has 1 N–H and O–H groups in total. The van der Waals surface area contributed by atoms with Gasteiger partial charge in [-0.05, 0) is 66.6 Å². The number of likely N-dealkylation sites (tertiary alicyclic amines) is 1. The Hall–Kier alpha value is -2.85. The number of amides is 1. The second-order valence-corrected chi connectivity index (χ2v) is 8.12. The van der Waals surface area contributed by atoms with Crippen molar-refractivity contribution in [2.45, 2.75) is 25.7 Å². The van der Waals surface area contributed by atoms with Gasteiger partial charge in [-0.15, -0.1) is 0 Å². The van der Waals surface area contributed by atoms with E-state index in [0.29, 0.717) is 0 Å². The number of rotatable bonds is 1. The number of hydrogen-bond donors (Lipinski definition) is 1. The molecule has 146 valence electrons. The van der Waals surface area contributed by atoms with Crippen LogP contribution in [0.4, 0.5) is 0 Å². The summed E-state index contributed by atoms with van der Waals surface area (Å²) >= 11 is 6.30. The maximum Gasteiger partial charge on any atom is 0.255 e. The summed E-state index contributed by atoms with van der Waals surface area (Å²) in [4.78, 5) is 22.4. The number of fused-ring (bicyclic) bond motifs is 2. The summed E-state index contributed by atoms with van der Waals surface area (Å²) in [6, 6.07) is 12.2. The minimum Gasteiger partial charge on any atom is -0.367 e. The van der Waals surface area contributed by atoms with Gasteiger partial charge >= 0.3 is 0 Å². The highest BCUT2D eigenvalue weighted by Gasteiger charge is 2.27. The van der Waals surface area contributed by atoms with Gasteiger partial charge in [0.2, 0.25) is 0 Å². The van der Waals surface area contributed by atoms with Gasteiger partial charge in [0.15, 0.2) is 0 Å². The summed E-state index contributed by atoms with van der Waals surface area (Å²) in [6.07, 6.45) is 9.09. The molecule has 0 radical (unpaired) electrons. The van der Waals surface area contributed by atoms with Gasteiger partial charge in [0.25, 0.3) is 5.91 Å². The second kappa shape index (κ2) is 7.53. The number of aryl methyl sites for hydroxylation is 2. The van der Waals surface area contributed by atoms with E-state index < -0.39 is 0 Å². The average Bonchev–Trinajstić information content (AvgIpc) is 3.24. The summed E-state index contributed by atoms with van der Waals surface area (Å²) in [6.45, 7) is 1.46. The number of benzene rings is 1. The molecule has 4 nitrogen and oxygen atoms in total. The van der Waals surface area contributed by atoms with E-state index in [-0.39, 0.29) is 5.91 Å². The van der Waals surface area contributed by atoms with Crippen LogP contribution in [-0.4, -0.2) is 33.9 Å². The lowest BCUT2D eigenvalue weighted by Crippen LogP contribution is -2.36. The highest BCUT2D eigenvalue weighted by atomic mass is 35.5. The van der Waals surface area contributed by atoms with Crippen LogP contribution < -0.4 is 0 Å². The fourth-order valence-electron chi connectivity index (χ4n) is 4.50. The van der Waals surface area contributed by atoms with E-state index in [9.17, 15) is 4.79 Å². The Morgan fingerprint density at radius 3 is 2.66 bits per heavy atom. The first-order valence-electron chi connectivity index (χ1n) is 10.1. The second-order valence-electron chi connectivity index (χ2n) is 7.68. The molecule has 3 heterocycles.